The van der Waals surface area contributed by atoms with Crippen molar-refractivity contribution in [3.05, 3.63) is 35.4 Å². The highest BCUT2D eigenvalue weighted by Gasteiger charge is 1.91. The molecule has 0 aliphatic heterocycles. The second kappa shape index (κ2) is 2.76. The first-order chi connectivity index (χ1) is 4.72. The molecule has 2 N–H and O–H groups in total. The summed E-state index contributed by atoms with van der Waals surface area (Å²) in [6.45, 7) is 3.60. The molecule has 0 amide bonds. The third-order valence-corrected chi connectivity index (χ3v) is 1.40. The zero-order valence-corrected chi connectivity index (χ0v) is 6.23. The minimum atomic E-state index is 0.648. The standard InChI is InChI=1S/C8H8ClN/c1-2-6-3-7(9)5-8(10)4-6/h2-5H,1,10H2. The Kier molecular flexibility index (Phi) is 1.97. The molecular formula is C8H8ClN. The fourth-order valence-electron chi connectivity index (χ4n) is 0.754. The zero-order chi connectivity index (χ0) is 7.56. The van der Waals surface area contributed by atoms with Crippen LogP contribution in [0.25, 0.3) is 6.08 Å². The van der Waals surface area contributed by atoms with Gasteiger partial charge in [0.25, 0.3) is 0 Å². The van der Waals surface area contributed by atoms with Crippen LogP contribution in [-0.4, -0.2) is 0 Å². The van der Waals surface area contributed by atoms with Crippen LogP contribution in [0.2, 0.25) is 5.02 Å². The molecule has 1 aromatic rings. The SMILES string of the molecule is C=Cc1cc(N)cc(Cl)c1. The summed E-state index contributed by atoms with van der Waals surface area (Å²) in [5.41, 5.74) is 7.12. The van der Waals surface area contributed by atoms with Gasteiger partial charge >= 0.3 is 0 Å². The van der Waals surface area contributed by atoms with Crippen molar-refractivity contribution in [3.8, 4) is 0 Å². The van der Waals surface area contributed by atoms with E-state index in [1.807, 2.05) is 12.1 Å². The summed E-state index contributed by atoms with van der Waals surface area (Å²) in [6, 6.07) is 5.33. The number of rotatable bonds is 1. The van der Waals surface area contributed by atoms with E-state index < -0.39 is 0 Å². The lowest BCUT2D eigenvalue weighted by atomic mass is 10.2. The molecular weight excluding hydrogens is 146 g/mol. The maximum Gasteiger partial charge on any atom is 0.0432 e. The molecule has 0 fully saturated rings. The molecule has 0 atom stereocenters. The van der Waals surface area contributed by atoms with Crippen LogP contribution in [0.1, 0.15) is 5.56 Å². The Morgan fingerprint density at radius 3 is 2.60 bits per heavy atom. The van der Waals surface area contributed by atoms with Crippen LogP contribution in [0.3, 0.4) is 0 Å². The van der Waals surface area contributed by atoms with Gasteiger partial charge in [0, 0.05) is 10.7 Å². The summed E-state index contributed by atoms with van der Waals surface area (Å²) >= 11 is 5.70. The van der Waals surface area contributed by atoms with Gasteiger partial charge < -0.3 is 5.73 Å². The van der Waals surface area contributed by atoms with Crippen LogP contribution in [0.4, 0.5) is 5.69 Å². The predicted octanol–water partition coefficient (Wildman–Crippen LogP) is 2.57. The predicted molar refractivity (Wildman–Crippen MR) is 46.0 cm³/mol. The molecule has 0 spiro atoms. The highest BCUT2D eigenvalue weighted by molar-refractivity contribution is 6.31. The van der Waals surface area contributed by atoms with Gasteiger partial charge in [-0.25, -0.2) is 0 Å². The quantitative estimate of drug-likeness (QED) is 0.617. The van der Waals surface area contributed by atoms with Gasteiger partial charge in [0.05, 0.1) is 0 Å². The van der Waals surface area contributed by atoms with E-state index in [1.165, 1.54) is 0 Å². The molecule has 1 rings (SSSR count). The van der Waals surface area contributed by atoms with Crippen LogP contribution < -0.4 is 5.73 Å². The first-order valence-electron chi connectivity index (χ1n) is 2.91. The van der Waals surface area contributed by atoms with Gasteiger partial charge in [-0.05, 0) is 23.8 Å². The van der Waals surface area contributed by atoms with Gasteiger partial charge in [-0.3, -0.25) is 0 Å². The molecule has 0 aliphatic carbocycles. The van der Waals surface area contributed by atoms with Crippen LogP contribution >= 0.6 is 11.6 Å². The normalized spacial score (nSPS) is 9.30. The van der Waals surface area contributed by atoms with Gasteiger partial charge in [-0.1, -0.05) is 24.3 Å². The number of anilines is 1. The van der Waals surface area contributed by atoms with Crippen LogP contribution in [0.15, 0.2) is 24.8 Å². The third-order valence-electron chi connectivity index (χ3n) is 1.18. The first-order valence-corrected chi connectivity index (χ1v) is 3.28. The van der Waals surface area contributed by atoms with Crippen LogP contribution in [0.5, 0.6) is 0 Å². The number of nitrogen functional groups attached to an aromatic ring is 1. The van der Waals surface area contributed by atoms with Crippen LogP contribution in [-0.2, 0) is 0 Å². The van der Waals surface area contributed by atoms with Crippen molar-refractivity contribution in [3.63, 3.8) is 0 Å². The summed E-state index contributed by atoms with van der Waals surface area (Å²) in [4.78, 5) is 0. The summed E-state index contributed by atoms with van der Waals surface area (Å²) < 4.78 is 0. The van der Waals surface area contributed by atoms with Crippen molar-refractivity contribution in [2.24, 2.45) is 0 Å². The molecule has 0 bridgehead atoms. The first kappa shape index (κ1) is 7.16. The van der Waals surface area contributed by atoms with E-state index in [1.54, 1.807) is 12.1 Å². The molecule has 1 aromatic carbocycles. The summed E-state index contributed by atoms with van der Waals surface area (Å²) in [6.07, 6.45) is 1.71. The van der Waals surface area contributed by atoms with Crippen molar-refractivity contribution in [1.82, 2.24) is 0 Å². The van der Waals surface area contributed by atoms with E-state index in [-0.39, 0.29) is 0 Å². The Morgan fingerprint density at radius 1 is 1.40 bits per heavy atom. The topological polar surface area (TPSA) is 26.0 Å². The lowest BCUT2D eigenvalue weighted by Gasteiger charge is -1.96. The minimum absolute atomic E-state index is 0.648. The zero-order valence-electron chi connectivity index (χ0n) is 5.47. The lowest BCUT2D eigenvalue weighted by molar-refractivity contribution is 1.64. The average Bonchev–Trinajstić information content (AvgIpc) is 1.85. The molecule has 0 radical (unpaired) electrons. The molecule has 0 heterocycles. The molecule has 0 aliphatic rings. The smallest absolute Gasteiger partial charge is 0.0432 e. The van der Waals surface area contributed by atoms with Gasteiger partial charge in [0.15, 0.2) is 0 Å². The molecule has 0 saturated heterocycles. The second-order valence-corrected chi connectivity index (χ2v) is 2.46. The molecule has 0 unspecified atom stereocenters. The van der Waals surface area contributed by atoms with E-state index in [2.05, 4.69) is 6.58 Å². The van der Waals surface area contributed by atoms with Gasteiger partial charge in [-0.2, -0.15) is 0 Å². The second-order valence-electron chi connectivity index (χ2n) is 2.02. The maximum absolute atomic E-state index is 5.70. The summed E-state index contributed by atoms with van der Waals surface area (Å²) in [5, 5.41) is 0.648. The fraction of sp³-hybridized carbons (Fsp3) is 0. The molecule has 10 heavy (non-hydrogen) atoms. The number of benzene rings is 1. The highest BCUT2D eigenvalue weighted by Crippen LogP contribution is 2.16. The third kappa shape index (κ3) is 1.52. The average molecular weight is 154 g/mol. The Labute approximate surface area is 65.1 Å². The molecule has 52 valence electrons. The summed E-state index contributed by atoms with van der Waals surface area (Å²) in [5.74, 6) is 0. The van der Waals surface area contributed by atoms with Crippen molar-refractivity contribution in [1.29, 1.82) is 0 Å². The minimum Gasteiger partial charge on any atom is -0.399 e. The Morgan fingerprint density at radius 2 is 2.10 bits per heavy atom. The molecule has 2 heteroatoms. The Hall–Kier alpha value is -0.950. The highest BCUT2D eigenvalue weighted by atomic mass is 35.5. The van der Waals surface area contributed by atoms with Gasteiger partial charge in [0.2, 0.25) is 0 Å². The summed E-state index contributed by atoms with van der Waals surface area (Å²) in [7, 11) is 0. The van der Waals surface area contributed by atoms with E-state index in [0.717, 1.165) is 5.56 Å². The van der Waals surface area contributed by atoms with Crippen molar-refractivity contribution >= 4 is 23.4 Å². The fourth-order valence-corrected chi connectivity index (χ4v) is 1.01. The Balaban J connectivity index is 3.18. The largest absolute Gasteiger partial charge is 0.399 e. The van der Waals surface area contributed by atoms with Crippen molar-refractivity contribution < 1.29 is 0 Å². The van der Waals surface area contributed by atoms with E-state index in [0.29, 0.717) is 10.7 Å². The van der Waals surface area contributed by atoms with Crippen molar-refractivity contribution in [2.75, 3.05) is 5.73 Å². The van der Waals surface area contributed by atoms with Gasteiger partial charge in [-0.15, -0.1) is 0 Å². The monoisotopic (exact) mass is 153 g/mol. The number of hydrogen-bond donors (Lipinski definition) is 1. The molecule has 1 nitrogen and oxygen atoms in total. The lowest BCUT2D eigenvalue weighted by Crippen LogP contribution is -1.84. The van der Waals surface area contributed by atoms with Crippen molar-refractivity contribution in [2.45, 2.75) is 0 Å². The maximum atomic E-state index is 5.70. The van der Waals surface area contributed by atoms with E-state index in [4.69, 9.17) is 17.3 Å². The molecule has 0 saturated carbocycles. The van der Waals surface area contributed by atoms with E-state index in [9.17, 15) is 0 Å². The molecule has 0 aromatic heterocycles. The number of halogens is 1. The van der Waals surface area contributed by atoms with E-state index >= 15 is 0 Å². The Bertz CT molecular complexity index is 235. The number of hydrogen-bond acceptors (Lipinski definition) is 1. The van der Waals surface area contributed by atoms with Gasteiger partial charge in [0.1, 0.15) is 0 Å². The van der Waals surface area contributed by atoms with Crippen LogP contribution in [0, 0.1) is 0 Å². The number of nitrogens with two attached hydrogens (primary N) is 1.